The molecule has 2 aliphatic rings. The first-order valence-corrected chi connectivity index (χ1v) is 27.1. The third-order valence-electron chi connectivity index (χ3n) is 12.6. The van der Waals surface area contributed by atoms with Crippen LogP contribution in [0.5, 0.6) is 17.2 Å². The number of carbonyl (C=O) groups excluding carboxylic acids is 2. The average Bonchev–Trinajstić information content (AvgIpc) is 3.06. The van der Waals surface area contributed by atoms with Gasteiger partial charge in [0.1, 0.15) is 17.2 Å². The first-order valence-electron chi connectivity index (χ1n) is 19.2. The number of aromatic hydroxyl groups is 2. The number of phenols is 2. The van der Waals surface area contributed by atoms with E-state index in [0.29, 0.717) is 54.2 Å². The SMILES string of the molecule is CC(C)(C)[Si](C)(C)C.CC1(C)c2c(ccc(O)c2Cl)C(=O)c2ccc(O)c(Cl)c21.Cc1ccc2c(c1Cl)C(C)(C)c1c(ccc(O[Si](C)(C)C(C)(C)C)c1Cl)C2=O. The van der Waals surface area contributed by atoms with Gasteiger partial charge in [0.2, 0.25) is 0 Å². The molecule has 308 valence electrons. The maximum Gasteiger partial charge on any atom is 0.250 e. The van der Waals surface area contributed by atoms with E-state index in [1.807, 2.05) is 45.0 Å². The molecule has 11 heteroatoms. The Kier molecular flexibility index (Phi) is 12.9. The van der Waals surface area contributed by atoms with Gasteiger partial charge in [0, 0.05) is 46.2 Å². The van der Waals surface area contributed by atoms with Gasteiger partial charge in [-0.05, 0) is 94.3 Å². The molecular formula is C46H58Cl4O5Si2. The molecule has 0 aliphatic heterocycles. The summed E-state index contributed by atoms with van der Waals surface area (Å²) in [6.07, 6.45) is 0. The standard InChI is InChI=1S/C23H28Cl2O2Si.C16H12Cl2O3.C7H18Si/c1-13-9-10-14-17(19(13)24)23(5,6)18-15(21(14)26)11-12-16(20(18)25)27-28(7,8)22(2,3)4;1-16(2)11-7(3-5-9(19)13(11)17)15(21)8-4-6-10(20)14(18)12(8)16;1-7(2,3)8(4,5)6/h9-12H,1-8H3;3-6,19-20H,1-2H3;1-6H3. The van der Waals surface area contributed by atoms with E-state index in [1.54, 1.807) is 12.1 Å². The predicted molar refractivity (Wildman–Crippen MR) is 246 cm³/mol. The van der Waals surface area contributed by atoms with Crippen molar-refractivity contribution < 1.29 is 24.2 Å². The molecular weight excluding hydrogens is 830 g/mol. The Bertz CT molecular complexity index is 2200. The number of benzene rings is 4. The molecule has 0 fully saturated rings. The van der Waals surface area contributed by atoms with Crippen LogP contribution in [-0.4, -0.2) is 38.2 Å². The summed E-state index contributed by atoms with van der Waals surface area (Å²) < 4.78 is 6.50. The summed E-state index contributed by atoms with van der Waals surface area (Å²) in [4.78, 5) is 25.9. The number of phenolic OH excluding ortho intramolecular Hbond substituents is 2. The van der Waals surface area contributed by atoms with Crippen molar-refractivity contribution in [2.75, 3.05) is 0 Å². The van der Waals surface area contributed by atoms with E-state index < -0.39 is 27.2 Å². The monoisotopic (exact) mass is 886 g/mol. The minimum atomic E-state index is -2.07. The largest absolute Gasteiger partial charge is 0.542 e. The number of hydrogen-bond acceptors (Lipinski definition) is 5. The topological polar surface area (TPSA) is 83.8 Å². The number of hydrogen-bond donors (Lipinski definition) is 2. The highest BCUT2D eigenvalue weighted by atomic mass is 35.5. The predicted octanol–water partition coefficient (Wildman–Crippen LogP) is 15.0. The van der Waals surface area contributed by atoms with E-state index in [4.69, 9.17) is 50.8 Å². The number of carbonyl (C=O) groups is 2. The molecule has 5 nitrogen and oxygen atoms in total. The quantitative estimate of drug-likeness (QED) is 0.196. The van der Waals surface area contributed by atoms with Crippen molar-refractivity contribution in [3.63, 3.8) is 0 Å². The molecule has 0 bridgehead atoms. The van der Waals surface area contributed by atoms with Gasteiger partial charge in [-0.15, -0.1) is 0 Å². The van der Waals surface area contributed by atoms with Crippen molar-refractivity contribution in [2.24, 2.45) is 0 Å². The van der Waals surface area contributed by atoms with Gasteiger partial charge < -0.3 is 14.6 Å². The fourth-order valence-corrected chi connectivity index (χ4v) is 9.35. The maximum atomic E-state index is 13.2. The molecule has 0 saturated carbocycles. The van der Waals surface area contributed by atoms with Crippen LogP contribution in [0.1, 0.15) is 129 Å². The molecule has 6 rings (SSSR count). The number of halogens is 4. The van der Waals surface area contributed by atoms with Crippen molar-refractivity contribution in [3.05, 3.63) is 119 Å². The van der Waals surface area contributed by atoms with E-state index in [0.717, 1.165) is 16.7 Å². The number of ketones is 2. The lowest BCUT2D eigenvalue weighted by Gasteiger charge is -2.39. The first-order chi connectivity index (χ1) is 25.7. The van der Waals surface area contributed by atoms with Gasteiger partial charge in [-0.1, -0.05) is 147 Å². The van der Waals surface area contributed by atoms with Gasteiger partial charge in [0.05, 0.1) is 15.1 Å². The zero-order valence-corrected chi connectivity index (χ0v) is 41.3. The number of fused-ring (bicyclic) bond motifs is 4. The molecule has 4 aromatic carbocycles. The highest BCUT2D eigenvalue weighted by Crippen LogP contribution is 2.52. The van der Waals surface area contributed by atoms with Crippen LogP contribution in [0, 0.1) is 6.92 Å². The molecule has 0 saturated heterocycles. The molecule has 0 aromatic heterocycles. The second-order valence-electron chi connectivity index (χ2n) is 19.8. The van der Waals surface area contributed by atoms with Crippen LogP contribution in [0.25, 0.3) is 0 Å². The Labute approximate surface area is 362 Å². The Hall–Kier alpha value is -2.79. The van der Waals surface area contributed by atoms with Gasteiger partial charge >= 0.3 is 0 Å². The second kappa shape index (κ2) is 15.7. The molecule has 2 aliphatic carbocycles. The lowest BCUT2D eigenvalue weighted by molar-refractivity contribution is 0.102. The van der Waals surface area contributed by atoms with Crippen LogP contribution >= 0.6 is 46.4 Å². The maximum absolute atomic E-state index is 13.2. The van der Waals surface area contributed by atoms with E-state index in [9.17, 15) is 19.8 Å². The Morgan fingerprint density at radius 1 is 0.526 bits per heavy atom. The van der Waals surface area contributed by atoms with Crippen molar-refractivity contribution in [2.45, 2.75) is 130 Å². The fraction of sp³-hybridized carbons (Fsp3) is 0.435. The Balaban J connectivity index is 0.000000218. The Morgan fingerprint density at radius 3 is 1.19 bits per heavy atom. The fourth-order valence-electron chi connectivity index (χ4n) is 6.62. The van der Waals surface area contributed by atoms with Crippen molar-refractivity contribution >= 4 is 74.4 Å². The first kappa shape index (κ1) is 46.9. The van der Waals surface area contributed by atoms with Gasteiger partial charge in [-0.25, -0.2) is 0 Å². The summed E-state index contributed by atoms with van der Waals surface area (Å²) in [6, 6.07) is 13.4. The van der Waals surface area contributed by atoms with Gasteiger partial charge in [0.15, 0.2) is 11.6 Å². The van der Waals surface area contributed by atoms with Crippen molar-refractivity contribution in [1.82, 2.24) is 0 Å². The number of rotatable bonds is 2. The minimum absolute atomic E-state index is 0.0352. The molecule has 0 radical (unpaired) electrons. The van der Waals surface area contributed by atoms with Crippen LogP contribution in [-0.2, 0) is 10.8 Å². The highest BCUT2D eigenvalue weighted by Gasteiger charge is 2.44. The molecule has 0 spiro atoms. The smallest absolute Gasteiger partial charge is 0.250 e. The summed E-state index contributed by atoms with van der Waals surface area (Å²) in [6.45, 7) is 35.0. The highest BCUT2D eigenvalue weighted by molar-refractivity contribution is 6.78. The molecule has 57 heavy (non-hydrogen) atoms. The lowest BCUT2D eigenvalue weighted by atomic mass is 9.68. The second-order valence-corrected chi connectivity index (χ2v) is 32.1. The van der Waals surface area contributed by atoms with E-state index >= 15 is 0 Å². The minimum Gasteiger partial charge on any atom is -0.542 e. The van der Waals surface area contributed by atoms with E-state index in [-0.39, 0.29) is 38.1 Å². The summed E-state index contributed by atoms with van der Waals surface area (Å²) >= 11 is 26.0. The van der Waals surface area contributed by atoms with Crippen LogP contribution in [0.4, 0.5) is 0 Å². The van der Waals surface area contributed by atoms with Crippen LogP contribution < -0.4 is 4.43 Å². The molecule has 0 unspecified atom stereocenters. The average molecular weight is 889 g/mol. The van der Waals surface area contributed by atoms with Crippen LogP contribution in [0.15, 0.2) is 48.5 Å². The summed E-state index contributed by atoms with van der Waals surface area (Å²) in [7, 11) is -2.93. The third kappa shape index (κ3) is 8.49. The normalized spacial score (nSPS) is 15.5. The summed E-state index contributed by atoms with van der Waals surface area (Å²) in [5.74, 6) is 0.224. The molecule has 0 atom stereocenters. The van der Waals surface area contributed by atoms with Crippen molar-refractivity contribution in [3.8, 4) is 17.2 Å². The number of aryl methyl sites for hydroxylation is 1. The molecule has 2 N–H and O–H groups in total. The summed E-state index contributed by atoms with van der Waals surface area (Å²) in [5.41, 5.74) is 4.59. The van der Waals surface area contributed by atoms with Crippen molar-refractivity contribution in [1.29, 1.82) is 0 Å². The van der Waals surface area contributed by atoms with Crippen LogP contribution in [0.3, 0.4) is 0 Å². The zero-order valence-electron chi connectivity index (χ0n) is 36.2. The van der Waals surface area contributed by atoms with Gasteiger partial charge in [0.25, 0.3) is 8.32 Å². The van der Waals surface area contributed by atoms with E-state index in [1.165, 1.54) is 12.1 Å². The van der Waals surface area contributed by atoms with Gasteiger partial charge in [-0.2, -0.15) is 0 Å². The van der Waals surface area contributed by atoms with Gasteiger partial charge in [-0.3, -0.25) is 9.59 Å². The molecule has 4 aromatic rings. The molecule has 0 heterocycles. The zero-order chi connectivity index (χ0) is 43.8. The van der Waals surface area contributed by atoms with Crippen LogP contribution in [0.2, 0.25) is 62.9 Å². The third-order valence-corrected chi connectivity index (χ3v) is 23.1. The lowest BCUT2D eigenvalue weighted by Crippen LogP contribution is -2.44. The van der Waals surface area contributed by atoms with E-state index in [2.05, 4.69) is 88.1 Å². The summed E-state index contributed by atoms with van der Waals surface area (Å²) in [5, 5.41) is 21.7. The Morgan fingerprint density at radius 2 is 0.842 bits per heavy atom. The molecule has 0 amide bonds.